The fourth-order valence-electron chi connectivity index (χ4n) is 12.9. The number of nitrogens with zero attached hydrogens (tertiary/aromatic N) is 2. The summed E-state index contributed by atoms with van der Waals surface area (Å²) in [6, 6.07) is 23.3. The van der Waals surface area contributed by atoms with Gasteiger partial charge in [0.05, 0.1) is 36.2 Å². The largest absolute Gasteiger partial charge is 0.508 e. The number of esters is 4. The van der Waals surface area contributed by atoms with E-state index in [1.165, 1.54) is 73.5 Å². The number of aliphatic hydroxyl groups is 4. The van der Waals surface area contributed by atoms with Crippen LogP contribution in [0.4, 0.5) is 24.2 Å². The fraction of sp³-hybridized carbons (Fsp3) is 0.484. The van der Waals surface area contributed by atoms with E-state index < -0.39 is 174 Å². The molecule has 3 aromatic carbocycles. The Balaban J connectivity index is 0.958. The number of nitrogens with one attached hydrogen (secondary N) is 2. The number of alkyl halides is 2. The molecule has 2 saturated carbocycles. The van der Waals surface area contributed by atoms with Crippen LogP contribution in [0.5, 0.6) is 0 Å². The first-order chi connectivity index (χ1) is 43.6. The van der Waals surface area contributed by atoms with Crippen molar-refractivity contribution in [1.82, 2.24) is 14.9 Å². The van der Waals surface area contributed by atoms with Gasteiger partial charge in [-0.25, -0.2) is 24.0 Å². The number of hydrogen-bond donors (Lipinski definition) is 6. The molecule has 2 saturated heterocycles. The maximum Gasteiger partial charge on any atom is 0.508 e. The SMILES string of the molecule is CC(=O)OC1=C2C(C)[C@@H](OC(=O)[C@H](O)[C@@H](NC(=O)c3ccccc3)c3ccccc3)C[C@@](O)([C@@H](OC(=O)c3ccccc3)[C@@H]3[C@]4(OC(C)=O)CO[C@@H]4C[C@H](OC(=O)OCCSSCCOC(=O)Nc4ccn(C5OC(CO)C(O)C5(F)F)c(=O)n4)[C@@]3(C)C1=O)C2(C)C. The van der Waals surface area contributed by atoms with Crippen molar-refractivity contribution in [2.45, 2.75) is 127 Å². The highest BCUT2D eigenvalue weighted by atomic mass is 33.1. The van der Waals surface area contributed by atoms with Gasteiger partial charge < -0.3 is 68.4 Å². The Morgan fingerprint density at radius 3 is 2.03 bits per heavy atom. The third-order valence-corrected chi connectivity index (χ3v) is 19.8. The summed E-state index contributed by atoms with van der Waals surface area (Å²) in [6.07, 6.45) is -17.5. The van der Waals surface area contributed by atoms with Crippen molar-refractivity contribution in [2.75, 3.05) is 43.3 Å². The third kappa shape index (κ3) is 13.4. The third-order valence-electron chi connectivity index (χ3n) is 17.4. The molecule has 2 amide bonds. The van der Waals surface area contributed by atoms with Gasteiger partial charge in [0.1, 0.15) is 55.2 Å². The highest BCUT2D eigenvalue weighted by Crippen LogP contribution is 2.65. The van der Waals surface area contributed by atoms with Crippen molar-refractivity contribution in [3.63, 3.8) is 0 Å². The summed E-state index contributed by atoms with van der Waals surface area (Å²) >= 11 is 0. The minimum absolute atomic E-state index is 0.0309. The Labute approximate surface area is 532 Å². The average molecular weight is 1320 g/mol. The molecule has 5 aliphatic rings. The lowest BCUT2D eigenvalue weighted by Gasteiger charge is -2.67. The molecule has 3 heterocycles. The predicted octanol–water partition coefficient (Wildman–Crippen LogP) is 5.17. The minimum Gasteiger partial charge on any atom is -0.460 e. The van der Waals surface area contributed by atoms with Crippen LogP contribution < -0.4 is 16.3 Å². The van der Waals surface area contributed by atoms with Gasteiger partial charge in [0.2, 0.25) is 12.0 Å². The molecular weight excluding hydrogens is 1250 g/mol. The Hall–Kier alpha value is -7.84. The Kier molecular flexibility index (Phi) is 20.7. The first-order valence-corrected chi connectivity index (χ1v) is 31.6. The van der Waals surface area contributed by atoms with Crippen molar-refractivity contribution in [1.29, 1.82) is 0 Å². The number of anilines is 1. The number of ether oxygens (including phenoxy) is 9. The first kappa shape index (κ1) is 68.5. The first-order valence-electron chi connectivity index (χ1n) is 29.1. The number of carbonyl (C=O) groups excluding carboxylic acids is 8. The molecule has 26 nitrogen and oxygen atoms in total. The number of ketones is 1. The van der Waals surface area contributed by atoms with Gasteiger partial charge in [-0.05, 0) is 48.4 Å². The summed E-state index contributed by atoms with van der Waals surface area (Å²) in [6.45, 7) is 6.03. The number of fused-ring (bicyclic) bond motifs is 5. The summed E-state index contributed by atoms with van der Waals surface area (Å²) in [7, 11) is 2.35. The number of aliphatic hydroxyl groups excluding tert-OH is 3. The van der Waals surface area contributed by atoms with Crippen molar-refractivity contribution in [3.05, 3.63) is 142 Å². The summed E-state index contributed by atoms with van der Waals surface area (Å²) in [5, 5.41) is 50.1. The summed E-state index contributed by atoms with van der Waals surface area (Å²) in [4.78, 5) is 129. The van der Waals surface area contributed by atoms with Gasteiger partial charge in [0.15, 0.2) is 23.6 Å². The molecule has 2 aliphatic heterocycles. The van der Waals surface area contributed by atoms with Crippen LogP contribution in [0.2, 0.25) is 0 Å². The number of Topliss-reactive ketones (excluding diaryl/α,β-unsaturated/α-hetero) is 1. The quantitative estimate of drug-likeness (QED) is 0.0271. The molecule has 14 atom stereocenters. The van der Waals surface area contributed by atoms with E-state index >= 15 is 4.79 Å². The number of benzene rings is 3. The maximum absolute atomic E-state index is 16.3. The smallest absolute Gasteiger partial charge is 0.460 e. The average Bonchev–Trinajstić information content (AvgIpc) is 0.767. The molecular formula is C62H68F2N4O22S2. The summed E-state index contributed by atoms with van der Waals surface area (Å²) in [5.74, 6) is -13.7. The van der Waals surface area contributed by atoms with Crippen LogP contribution in [0.3, 0.4) is 0 Å². The van der Waals surface area contributed by atoms with Crippen LogP contribution in [0.25, 0.3) is 0 Å². The second-order valence-corrected chi connectivity index (χ2v) is 26.0. The van der Waals surface area contributed by atoms with Crippen LogP contribution in [0.1, 0.15) is 92.9 Å². The normalized spacial score (nSPS) is 29.0. The topological polar surface area (TPSA) is 359 Å². The molecule has 92 heavy (non-hydrogen) atoms. The number of rotatable bonds is 21. The molecule has 494 valence electrons. The van der Waals surface area contributed by atoms with Gasteiger partial charge >= 0.3 is 47.7 Å². The van der Waals surface area contributed by atoms with Crippen LogP contribution >= 0.6 is 21.6 Å². The Bertz CT molecular complexity index is 3530. The highest BCUT2D eigenvalue weighted by Gasteiger charge is 2.79. The van der Waals surface area contributed by atoms with E-state index in [1.54, 1.807) is 66.7 Å². The molecule has 4 fully saturated rings. The predicted molar refractivity (Wildman–Crippen MR) is 318 cm³/mol. The van der Waals surface area contributed by atoms with Crippen molar-refractivity contribution in [2.24, 2.45) is 22.7 Å². The Morgan fingerprint density at radius 2 is 1.46 bits per heavy atom. The molecule has 1 aromatic heterocycles. The summed E-state index contributed by atoms with van der Waals surface area (Å²) < 4.78 is 82.3. The van der Waals surface area contributed by atoms with Crippen LogP contribution in [-0.2, 0) is 61.8 Å². The van der Waals surface area contributed by atoms with E-state index in [-0.39, 0.29) is 53.7 Å². The lowest BCUT2D eigenvalue weighted by Crippen LogP contribution is -2.81. The van der Waals surface area contributed by atoms with E-state index in [1.807, 2.05) is 0 Å². The molecule has 4 unspecified atom stereocenters. The van der Waals surface area contributed by atoms with Crippen LogP contribution in [0.15, 0.2) is 119 Å². The zero-order chi connectivity index (χ0) is 66.7. The second kappa shape index (κ2) is 27.8. The molecule has 9 rings (SSSR count). The summed E-state index contributed by atoms with van der Waals surface area (Å²) in [5.41, 5.74) is -9.63. The maximum atomic E-state index is 16.3. The Morgan fingerprint density at radius 1 is 0.837 bits per heavy atom. The van der Waals surface area contributed by atoms with Gasteiger partial charge in [0, 0.05) is 61.3 Å². The van der Waals surface area contributed by atoms with Gasteiger partial charge in [-0.15, -0.1) is 0 Å². The van der Waals surface area contributed by atoms with Gasteiger partial charge in [0.25, 0.3) is 5.91 Å². The zero-order valence-corrected chi connectivity index (χ0v) is 52.1. The van der Waals surface area contributed by atoms with Gasteiger partial charge in [-0.3, -0.25) is 29.1 Å². The number of hydrogen-bond acceptors (Lipinski definition) is 25. The van der Waals surface area contributed by atoms with E-state index in [9.17, 15) is 67.6 Å². The lowest BCUT2D eigenvalue weighted by molar-refractivity contribution is -0.345. The molecule has 6 N–H and O–H groups in total. The van der Waals surface area contributed by atoms with Gasteiger partial charge in [-0.1, -0.05) is 109 Å². The minimum atomic E-state index is -3.96. The molecule has 3 aliphatic carbocycles. The molecule has 0 spiro atoms. The van der Waals surface area contributed by atoms with E-state index in [0.29, 0.717) is 10.1 Å². The van der Waals surface area contributed by atoms with Crippen molar-refractivity contribution < 1.29 is 110 Å². The number of aromatic nitrogens is 2. The number of halogens is 2. The molecule has 30 heteroatoms. The fourth-order valence-corrected chi connectivity index (χ4v) is 14.5. The molecule has 4 aromatic rings. The van der Waals surface area contributed by atoms with Crippen molar-refractivity contribution in [3.8, 4) is 0 Å². The van der Waals surface area contributed by atoms with Crippen molar-refractivity contribution >= 4 is 75.2 Å². The van der Waals surface area contributed by atoms with Crippen LogP contribution in [0, 0.1) is 22.7 Å². The van der Waals surface area contributed by atoms with E-state index in [2.05, 4.69) is 15.6 Å². The zero-order valence-electron chi connectivity index (χ0n) is 50.4. The van der Waals surface area contributed by atoms with E-state index in [4.69, 9.17) is 42.6 Å². The molecule has 2 bridgehead atoms. The number of allylic oxidation sites excluding steroid dienone is 1. The molecule has 0 radical (unpaired) electrons. The van der Waals surface area contributed by atoms with E-state index in [0.717, 1.165) is 26.1 Å². The lowest BCUT2D eigenvalue weighted by atomic mass is 9.45. The highest BCUT2D eigenvalue weighted by molar-refractivity contribution is 8.76. The second-order valence-electron chi connectivity index (χ2n) is 23.3. The number of amides is 2. The van der Waals surface area contributed by atoms with Gasteiger partial charge in [-0.2, -0.15) is 13.8 Å². The monoisotopic (exact) mass is 1320 g/mol. The standard InChI is InChI=1S/C62H68F2N4O22S2/c1-32-38(86-53(77)45(72)44(35-16-10-7-11-17-35)67-51(75)36-18-12-8-13-19-36)29-61(81)50(89-52(76)37-20-14-9-15-21-37)47-59(6,49(74)46(85-33(2)70)43(32)58(61,4)5)40(28-41-60(47,31-84-41)90-34(3)71)88-57(80)83-25-27-92-91-26-24-82-56(79)66-42-22-23-68(55(78)65-42)54-62(63,64)48(73)39(30-69)87-54/h7-23,32,38-41,44-45,47-48,50,54,69,72-73,81H,24-31H2,1-6H3,(H,67,75)(H,65,66,78,79)/t32?,38-,39?,40-,41+,44-,45+,47-,48?,50-,54?,59+,60-,61+/m0/s1. The number of carbonyl (C=O) groups is 8. The van der Waals surface area contributed by atoms with Crippen LogP contribution in [-0.4, -0.2) is 176 Å².